The first-order valence-corrected chi connectivity index (χ1v) is 8.45. The average molecular weight is 357 g/mol. The molecule has 0 radical (unpaired) electrons. The van der Waals surface area contributed by atoms with E-state index in [9.17, 15) is 0 Å². The van der Waals surface area contributed by atoms with Gasteiger partial charge in [0.05, 0.1) is 36.1 Å². The predicted molar refractivity (Wildman–Crippen MR) is 98.5 cm³/mol. The fourth-order valence-corrected chi connectivity index (χ4v) is 3.85. The van der Waals surface area contributed by atoms with Gasteiger partial charge in [0.1, 0.15) is 16.5 Å². The first kappa shape index (κ1) is 15.2. The lowest BCUT2D eigenvalue weighted by Gasteiger charge is -2.06. The quantitative estimate of drug-likeness (QED) is 0.507. The number of hydrogen-bond donors (Lipinski definition) is 0. The van der Waals surface area contributed by atoms with Crippen molar-refractivity contribution in [2.75, 3.05) is 14.2 Å². The van der Waals surface area contributed by atoms with Crippen molar-refractivity contribution in [1.29, 1.82) is 0 Å². The van der Waals surface area contributed by atoms with Crippen LogP contribution < -0.4 is 9.47 Å². The fraction of sp³-hybridized carbons (Fsp3) is 0.111. The van der Waals surface area contributed by atoms with Crippen LogP contribution in [0.5, 0.6) is 11.5 Å². The zero-order chi connectivity index (χ0) is 16.7. The maximum atomic E-state index is 6.30. The maximum absolute atomic E-state index is 6.30. The molecule has 0 aliphatic rings. The molecule has 0 bridgehead atoms. The summed E-state index contributed by atoms with van der Waals surface area (Å²) in [7, 11) is 3.28. The molecule has 0 spiro atoms. The van der Waals surface area contributed by atoms with Crippen LogP contribution in [0.2, 0.25) is 5.02 Å². The molecule has 0 saturated heterocycles. The highest BCUT2D eigenvalue weighted by molar-refractivity contribution is 7.21. The van der Waals surface area contributed by atoms with E-state index in [4.69, 9.17) is 26.1 Å². The highest BCUT2D eigenvalue weighted by Crippen LogP contribution is 2.37. The van der Waals surface area contributed by atoms with E-state index in [1.807, 2.05) is 36.4 Å². The molecular weight excluding hydrogens is 344 g/mol. The first-order chi connectivity index (χ1) is 11.7. The summed E-state index contributed by atoms with van der Waals surface area (Å²) >= 11 is 7.90. The molecule has 4 rings (SSSR count). The molecule has 0 unspecified atom stereocenters. The minimum Gasteiger partial charge on any atom is -0.497 e. The molecule has 0 aliphatic heterocycles. The maximum Gasteiger partial charge on any atom is 0.137 e. The Morgan fingerprint density at radius 2 is 1.83 bits per heavy atom. The van der Waals surface area contributed by atoms with Gasteiger partial charge in [0.25, 0.3) is 0 Å². The van der Waals surface area contributed by atoms with Crippen LogP contribution in [0.3, 0.4) is 0 Å². The van der Waals surface area contributed by atoms with Gasteiger partial charge < -0.3 is 9.47 Å². The topological polar surface area (TPSA) is 44.2 Å². The minimum absolute atomic E-state index is 0.643. The second kappa shape index (κ2) is 5.92. The number of fused-ring (bicyclic) bond motifs is 2. The van der Waals surface area contributed by atoms with Crippen molar-refractivity contribution in [3.63, 3.8) is 0 Å². The van der Waals surface area contributed by atoms with Gasteiger partial charge in [-0.3, -0.25) is 4.98 Å². The van der Waals surface area contributed by atoms with Gasteiger partial charge in [0, 0.05) is 16.0 Å². The van der Waals surface area contributed by atoms with E-state index in [0.717, 1.165) is 37.4 Å². The summed E-state index contributed by atoms with van der Waals surface area (Å²) in [5.41, 5.74) is 2.70. The van der Waals surface area contributed by atoms with Gasteiger partial charge in [-0.05, 0) is 36.4 Å². The van der Waals surface area contributed by atoms with Crippen LogP contribution >= 0.6 is 22.9 Å². The van der Waals surface area contributed by atoms with E-state index >= 15 is 0 Å². The van der Waals surface area contributed by atoms with Crippen molar-refractivity contribution < 1.29 is 9.47 Å². The third-order valence-corrected chi connectivity index (χ3v) is 5.05. The van der Waals surface area contributed by atoms with Crippen LogP contribution in [0.15, 0.2) is 42.6 Å². The lowest BCUT2D eigenvalue weighted by atomic mass is 10.1. The summed E-state index contributed by atoms with van der Waals surface area (Å²) in [5.74, 6) is 1.52. The van der Waals surface area contributed by atoms with E-state index in [1.54, 1.807) is 31.8 Å². The third kappa shape index (κ3) is 2.56. The second-order valence-electron chi connectivity index (χ2n) is 5.25. The van der Waals surface area contributed by atoms with Crippen molar-refractivity contribution in [2.45, 2.75) is 0 Å². The van der Waals surface area contributed by atoms with Gasteiger partial charge in [-0.25, -0.2) is 4.98 Å². The van der Waals surface area contributed by atoms with E-state index in [-0.39, 0.29) is 0 Å². The van der Waals surface area contributed by atoms with Gasteiger partial charge >= 0.3 is 0 Å². The van der Waals surface area contributed by atoms with Crippen LogP contribution in [-0.2, 0) is 0 Å². The molecule has 0 saturated carbocycles. The number of rotatable bonds is 3. The summed E-state index contributed by atoms with van der Waals surface area (Å²) in [4.78, 5) is 9.26. The zero-order valence-corrected chi connectivity index (χ0v) is 14.6. The highest BCUT2D eigenvalue weighted by atomic mass is 35.5. The summed E-state index contributed by atoms with van der Waals surface area (Å²) < 4.78 is 11.6. The number of nitrogens with zero attached hydrogens (tertiary/aromatic N) is 2. The standard InChI is InChI=1S/C18H13ClN2O2S/c1-22-12-3-4-15-16(8-12)24-18(21-15)14-7-11(19)5-10-6-13(23-2)9-20-17(10)14/h3-9H,1-2H3. The van der Waals surface area contributed by atoms with Gasteiger partial charge in [-0.1, -0.05) is 11.6 Å². The Morgan fingerprint density at radius 1 is 1.00 bits per heavy atom. The summed E-state index contributed by atoms with van der Waals surface area (Å²) in [5, 5.41) is 2.45. The number of methoxy groups -OCH3 is 2. The molecule has 2 heterocycles. The number of pyridine rings is 1. The van der Waals surface area contributed by atoms with Crippen molar-refractivity contribution in [1.82, 2.24) is 9.97 Å². The van der Waals surface area contributed by atoms with E-state index in [2.05, 4.69) is 4.98 Å². The Balaban J connectivity index is 1.95. The molecule has 0 N–H and O–H groups in total. The Labute approximate surface area is 147 Å². The van der Waals surface area contributed by atoms with Crippen LogP contribution in [0.4, 0.5) is 0 Å². The number of halogens is 1. The monoisotopic (exact) mass is 356 g/mol. The largest absolute Gasteiger partial charge is 0.497 e. The Bertz CT molecular complexity index is 1060. The van der Waals surface area contributed by atoms with Crippen molar-refractivity contribution in [3.05, 3.63) is 47.6 Å². The average Bonchev–Trinajstić information content (AvgIpc) is 3.03. The van der Waals surface area contributed by atoms with E-state index < -0.39 is 0 Å². The molecule has 2 aromatic heterocycles. The predicted octanol–water partition coefficient (Wildman–Crippen LogP) is 5.18. The number of benzene rings is 2. The molecular formula is C18H13ClN2O2S. The molecule has 4 aromatic rings. The Hall–Kier alpha value is -2.37. The molecule has 120 valence electrons. The number of thiazole rings is 1. The second-order valence-corrected chi connectivity index (χ2v) is 6.72. The summed E-state index contributed by atoms with van der Waals surface area (Å²) in [6, 6.07) is 11.6. The zero-order valence-electron chi connectivity index (χ0n) is 13.0. The number of hydrogen-bond acceptors (Lipinski definition) is 5. The van der Waals surface area contributed by atoms with E-state index in [1.165, 1.54) is 0 Å². The normalized spacial score (nSPS) is 11.1. The van der Waals surface area contributed by atoms with Crippen LogP contribution in [0.25, 0.3) is 31.7 Å². The summed E-state index contributed by atoms with van der Waals surface area (Å²) in [6.45, 7) is 0. The molecule has 0 atom stereocenters. The first-order valence-electron chi connectivity index (χ1n) is 7.26. The van der Waals surface area contributed by atoms with Gasteiger partial charge in [-0.2, -0.15) is 0 Å². The minimum atomic E-state index is 0.643. The molecule has 0 fully saturated rings. The highest BCUT2D eigenvalue weighted by Gasteiger charge is 2.13. The molecule has 0 aliphatic carbocycles. The van der Waals surface area contributed by atoms with Crippen molar-refractivity contribution in [2.24, 2.45) is 0 Å². The van der Waals surface area contributed by atoms with Gasteiger partial charge in [-0.15, -0.1) is 11.3 Å². The number of ether oxygens (including phenoxy) is 2. The van der Waals surface area contributed by atoms with E-state index in [0.29, 0.717) is 10.8 Å². The van der Waals surface area contributed by atoms with Gasteiger partial charge in [0.15, 0.2) is 0 Å². The van der Waals surface area contributed by atoms with Crippen molar-refractivity contribution >= 4 is 44.1 Å². The lowest BCUT2D eigenvalue weighted by molar-refractivity contribution is 0.414. The van der Waals surface area contributed by atoms with Crippen molar-refractivity contribution in [3.8, 4) is 22.1 Å². The SMILES string of the molecule is COc1cnc2c(-c3nc4ccc(OC)cc4s3)cc(Cl)cc2c1. The number of aromatic nitrogens is 2. The van der Waals surface area contributed by atoms with Gasteiger partial charge in [0.2, 0.25) is 0 Å². The fourth-order valence-electron chi connectivity index (χ4n) is 2.61. The smallest absolute Gasteiger partial charge is 0.137 e. The lowest BCUT2D eigenvalue weighted by Crippen LogP contribution is -1.88. The molecule has 2 aromatic carbocycles. The van der Waals surface area contributed by atoms with Crippen LogP contribution in [0.1, 0.15) is 0 Å². The Morgan fingerprint density at radius 3 is 2.62 bits per heavy atom. The molecule has 6 heteroatoms. The molecule has 0 amide bonds. The molecule has 4 nitrogen and oxygen atoms in total. The third-order valence-electron chi connectivity index (χ3n) is 3.78. The Kier molecular flexibility index (Phi) is 3.75. The van der Waals surface area contributed by atoms with Crippen LogP contribution in [0, 0.1) is 0 Å². The molecule has 24 heavy (non-hydrogen) atoms. The summed E-state index contributed by atoms with van der Waals surface area (Å²) in [6.07, 6.45) is 1.70. The van der Waals surface area contributed by atoms with Crippen LogP contribution in [-0.4, -0.2) is 24.2 Å².